The van der Waals surface area contributed by atoms with Crippen LogP contribution in [0.3, 0.4) is 0 Å². The Balaban J connectivity index is 0.00000272. The lowest BCUT2D eigenvalue weighted by molar-refractivity contribution is 0.290. The van der Waals surface area contributed by atoms with Gasteiger partial charge in [0.15, 0.2) is 5.96 Å². The first-order valence-electron chi connectivity index (χ1n) is 10.3. The van der Waals surface area contributed by atoms with Crippen molar-refractivity contribution >= 4 is 29.9 Å². The monoisotopic (exact) mass is 532 g/mol. The van der Waals surface area contributed by atoms with Gasteiger partial charge in [0.1, 0.15) is 6.61 Å². The van der Waals surface area contributed by atoms with Gasteiger partial charge in [-0.25, -0.2) is 4.98 Å². The summed E-state index contributed by atoms with van der Waals surface area (Å²) >= 11 is 0. The molecule has 0 spiro atoms. The van der Waals surface area contributed by atoms with E-state index in [4.69, 9.17) is 4.74 Å². The molecule has 3 aromatic rings. The number of nitrogens with one attached hydrogen (secondary N) is 1. The molecule has 164 valence electrons. The zero-order valence-corrected chi connectivity index (χ0v) is 20.3. The van der Waals surface area contributed by atoms with Gasteiger partial charge in [-0.1, -0.05) is 36.4 Å². The van der Waals surface area contributed by atoms with Crippen LogP contribution in [0.1, 0.15) is 29.0 Å². The molecule has 0 radical (unpaired) electrons. The largest absolute Gasteiger partial charge is 0.473 e. The van der Waals surface area contributed by atoms with Crippen LogP contribution in [0.5, 0.6) is 5.88 Å². The average Bonchev–Trinajstić information content (AvgIpc) is 3.43. The molecule has 1 saturated heterocycles. The van der Waals surface area contributed by atoms with Crippen molar-refractivity contribution in [1.82, 2.24) is 25.0 Å². The van der Waals surface area contributed by atoms with Gasteiger partial charge in [-0.2, -0.15) is 5.10 Å². The Morgan fingerprint density at radius 2 is 2.06 bits per heavy atom. The molecule has 1 unspecified atom stereocenters. The third kappa shape index (κ3) is 5.96. The van der Waals surface area contributed by atoms with Gasteiger partial charge >= 0.3 is 0 Å². The predicted octanol–water partition coefficient (Wildman–Crippen LogP) is 3.58. The maximum atomic E-state index is 5.98. The van der Waals surface area contributed by atoms with Crippen LogP contribution < -0.4 is 10.1 Å². The molecule has 1 aliphatic rings. The zero-order chi connectivity index (χ0) is 20.8. The van der Waals surface area contributed by atoms with Crippen LogP contribution >= 0.6 is 24.0 Å². The van der Waals surface area contributed by atoms with Crippen molar-refractivity contribution in [1.29, 1.82) is 0 Å². The summed E-state index contributed by atoms with van der Waals surface area (Å²) in [7, 11) is 3.79. The van der Waals surface area contributed by atoms with Crippen molar-refractivity contribution < 1.29 is 4.74 Å². The smallest absolute Gasteiger partial charge is 0.218 e. The van der Waals surface area contributed by atoms with E-state index >= 15 is 0 Å². The topological polar surface area (TPSA) is 67.6 Å². The fourth-order valence-corrected chi connectivity index (χ4v) is 3.80. The summed E-state index contributed by atoms with van der Waals surface area (Å²) in [6.07, 6.45) is 6.94. The second-order valence-electron chi connectivity index (χ2n) is 7.52. The van der Waals surface area contributed by atoms with Crippen LogP contribution in [0.15, 0.2) is 66.0 Å². The summed E-state index contributed by atoms with van der Waals surface area (Å²) in [6, 6.07) is 14.1. The molecule has 4 rings (SSSR count). The van der Waals surface area contributed by atoms with Crippen molar-refractivity contribution in [2.75, 3.05) is 20.1 Å². The molecule has 1 atom stereocenters. The van der Waals surface area contributed by atoms with Gasteiger partial charge in [0, 0.05) is 57.6 Å². The number of halogens is 1. The van der Waals surface area contributed by atoms with E-state index in [-0.39, 0.29) is 24.0 Å². The van der Waals surface area contributed by atoms with Gasteiger partial charge in [0.05, 0.1) is 6.20 Å². The average molecular weight is 532 g/mol. The minimum absolute atomic E-state index is 0. The quantitative estimate of drug-likeness (QED) is 0.299. The summed E-state index contributed by atoms with van der Waals surface area (Å²) < 4.78 is 7.84. The Morgan fingerprint density at radius 1 is 1.23 bits per heavy atom. The second-order valence-corrected chi connectivity index (χ2v) is 7.52. The van der Waals surface area contributed by atoms with E-state index in [9.17, 15) is 0 Å². The minimum atomic E-state index is 0. The number of ether oxygens (including phenoxy) is 1. The Labute approximate surface area is 200 Å². The summed E-state index contributed by atoms with van der Waals surface area (Å²) in [4.78, 5) is 11.2. The van der Waals surface area contributed by atoms with Gasteiger partial charge in [0.2, 0.25) is 5.88 Å². The number of hydrogen-bond donors (Lipinski definition) is 1. The zero-order valence-electron chi connectivity index (χ0n) is 17.9. The molecule has 1 N–H and O–H groups in total. The minimum Gasteiger partial charge on any atom is -0.473 e. The molecule has 1 fully saturated rings. The highest BCUT2D eigenvalue weighted by Crippen LogP contribution is 2.26. The summed E-state index contributed by atoms with van der Waals surface area (Å²) in [5.41, 5.74) is 3.42. The maximum absolute atomic E-state index is 5.98. The maximum Gasteiger partial charge on any atom is 0.218 e. The first-order valence-corrected chi connectivity index (χ1v) is 10.3. The van der Waals surface area contributed by atoms with Crippen molar-refractivity contribution in [2.45, 2.75) is 25.5 Å². The van der Waals surface area contributed by atoms with Crippen LogP contribution in [0.4, 0.5) is 0 Å². The second kappa shape index (κ2) is 11.1. The third-order valence-electron chi connectivity index (χ3n) is 5.40. The van der Waals surface area contributed by atoms with E-state index in [2.05, 4.69) is 43.6 Å². The lowest BCUT2D eigenvalue weighted by atomic mass is 10.0. The van der Waals surface area contributed by atoms with Crippen LogP contribution in [-0.4, -0.2) is 45.8 Å². The van der Waals surface area contributed by atoms with Crippen molar-refractivity contribution in [3.63, 3.8) is 0 Å². The number of pyridine rings is 1. The molecular formula is C23H29IN6O. The van der Waals surface area contributed by atoms with Crippen LogP contribution in [0.2, 0.25) is 0 Å². The highest BCUT2D eigenvalue weighted by atomic mass is 127. The Hall–Kier alpha value is -2.62. The fraction of sp³-hybridized carbons (Fsp3) is 0.348. The number of benzene rings is 1. The van der Waals surface area contributed by atoms with E-state index < -0.39 is 0 Å². The van der Waals surface area contributed by atoms with E-state index in [1.165, 1.54) is 5.56 Å². The SMILES string of the molecule is CN=C(NCc1cccnc1OCc1ccccc1)N1CCC(c2cnn(C)c2)C1.I. The summed E-state index contributed by atoms with van der Waals surface area (Å²) in [6.45, 7) is 3.02. The molecule has 8 heteroatoms. The summed E-state index contributed by atoms with van der Waals surface area (Å²) in [5.74, 6) is 2.04. The molecule has 3 heterocycles. The number of hydrogen-bond acceptors (Lipinski definition) is 4. The highest BCUT2D eigenvalue weighted by Gasteiger charge is 2.27. The van der Waals surface area contributed by atoms with Crippen LogP contribution in [0.25, 0.3) is 0 Å². The van der Waals surface area contributed by atoms with Crippen LogP contribution in [-0.2, 0) is 20.2 Å². The molecule has 0 amide bonds. The number of nitrogens with zero attached hydrogens (tertiary/aromatic N) is 5. The summed E-state index contributed by atoms with van der Waals surface area (Å²) in [5, 5.41) is 7.79. The molecule has 0 saturated carbocycles. The molecular weight excluding hydrogens is 503 g/mol. The lowest BCUT2D eigenvalue weighted by Crippen LogP contribution is -2.39. The standard InChI is InChI=1S/C23H28N6O.HI/c1-24-23(29-12-10-20(16-29)21-14-27-28(2)15-21)26-13-19-9-6-11-25-22(19)30-17-18-7-4-3-5-8-18;/h3-9,11,14-15,20H,10,12-13,16-17H2,1-2H3,(H,24,26);1H. The molecule has 1 aliphatic heterocycles. The number of likely N-dealkylation sites (tertiary alicyclic amines) is 1. The van der Waals surface area contributed by atoms with Crippen LogP contribution in [0, 0.1) is 0 Å². The number of guanidine groups is 1. The van der Waals surface area contributed by atoms with Gasteiger partial charge in [-0.15, -0.1) is 24.0 Å². The first kappa shape index (κ1) is 23.1. The third-order valence-corrected chi connectivity index (χ3v) is 5.40. The van der Waals surface area contributed by atoms with Crippen molar-refractivity contribution in [3.8, 4) is 5.88 Å². The van der Waals surface area contributed by atoms with E-state index in [0.717, 1.165) is 36.6 Å². The molecule has 7 nitrogen and oxygen atoms in total. The van der Waals surface area contributed by atoms with Gasteiger partial charge in [0.25, 0.3) is 0 Å². The van der Waals surface area contributed by atoms with Gasteiger partial charge < -0.3 is 15.0 Å². The number of rotatable bonds is 6. The van der Waals surface area contributed by atoms with Crippen molar-refractivity contribution in [2.24, 2.45) is 12.0 Å². The van der Waals surface area contributed by atoms with E-state index in [0.29, 0.717) is 24.9 Å². The van der Waals surface area contributed by atoms with Crippen molar-refractivity contribution in [3.05, 3.63) is 77.7 Å². The van der Waals surface area contributed by atoms with E-state index in [1.807, 2.05) is 55.3 Å². The molecule has 2 aromatic heterocycles. The number of aliphatic imine (C=N–C) groups is 1. The van der Waals surface area contributed by atoms with Gasteiger partial charge in [-0.05, 0) is 23.6 Å². The fourth-order valence-electron chi connectivity index (χ4n) is 3.80. The van der Waals surface area contributed by atoms with Gasteiger partial charge in [-0.3, -0.25) is 9.67 Å². The normalized spacial score (nSPS) is 16.1. The first-order chi connectivity index (χ1) is 14.7. The molecule has 31 heavy (non-hydrogen) atoms. The van der Waals surface area contributed by atoms with E-state index in [1.54, 1.807) is 6.20 Å². The predicted molar refractivity (Wildman–Crippen MR) is 133 cm³/mol. The Morgan fingerprint density at radius 3 is 2.81 bits per heavy atom. The highest BCUT2D eigenvalue weighted by molar-refractivity contribution is 14.0. The Kier molecular flexibility index (Phi) is 8.27. The Bertz CT molecular complexity index is 990. The number of aryl methyl sites for hydroxylation is 1. The molecule has 0 bridgehead atoms. The lowest BCUT2D eigenvalue weighted by Gasteiger charge is -2.22. The molecule has 0 aliphatic carbocycles. The number of aromatic nitrogens is 3. The molecule has 1 aromatic carbocycles.